The average Bonchev–Trinajstić information content (AvgIpc) is 2.47. The molecule has 4 heteroatoms. The maximum absolute atomic E-state index is 12.5. The van der Waals surface area contributed by atoms with Crippen LogP contribution in [0.1, 0.15) is 45.1 Å². The van der Waals surface area contributed by atoms with E-state index in [0.717, 1.165) is 30.6 Å². The highest BCUT2D eigenvalue weighted by atomic mass is 16.2. The standard InChI is InChI=1S/C17H24N2O2/c1-12(2)15-8-4-5-9-16(15)18-17(21)14-7-6-10-19(11-14)13(3)20/h4-5,8-9,12,14H,6-7,10-11H2,1-3H3,(H,18,21). The Hall–Kier alpha value is -1.84. The van der Waals surface area contributed by atoms with Crippen molar-refractivity contribution in [1.29, 1.82) is 0 Å². The lowest BCUT2D eigenvalue weighted by Crippen LogP contribution is -2.42. The van der Waals surface area contributed by atoms with Crippen molar-refractivity contribution < 1.29 is 9.59 Å². The normalized spacial score (nSPS) is 18.7. The summed E-state index contributed by atoms with van der Waals surface area (Å²) in [6.45, 7) is 7.09. The van der Waals surface area contributed by atoms with Gasteiger partial charge < -0.3 is 10.2 Å². The molecule has 4 nitrogen and oxygen atoms in total. The molecule has 0 bridgehead atoms. The highest BCUT2D eigenvalue weighted by Crippen LogP contribution is 2.25. The van der Waals surface area contributed by atoms with Gasteiger partial charge in [0.15, 0.2) is 0 Å². The SMILES string of the molecule is CC(=O)N1CCCC(C(=O)Nc2ccccc2C(C)C)C1. The van der Waals surface area contributed by atoms with Gasteiger partial charge in [-0.3, -0.25) is 9.59 Å². The minimum absolute atomic E-state index is 0.0223. The molecule has 0 radical (unpaired) electrons. The molecule has 1 N–H and O–H groups in total. The molecule has 0 saturated carbocycles. The van der Waals surface area contributed by atoms with Crippen LogP contribution < -0.4 is 5.32 Å². The molecule has 1 aliphatic rings. The Labute approximate surface area is 126 Å². The lowest BCUT2D eigenvalue weighted by atomic mass is 9.96. The fourth-order valence-corrected chi connectivity index (χ4v) is 2.83. The predicted molar refractivity (Wildman–Crippen MR) is 84.1 cm³/mol. The smallest absolute Gasteiger partial charge is 0.229 e. The van der Waals surface area contributed by atoms with Crippen LogP contribution in [0.4, 0.5) is 5.69 Å². The highest BCUT2D eigenvalue weighted by molar-refractivity contribution is 5.94. The van der Waals surface area contributed by atoms with Crippen LogP contribution in [0, 0.1) is 5.92 Å². The molecule has 0 aromatic heterocycles. The molecule has 21 heavy (non-hydrogen) atoms. The third kappa shape index (κ3) is 3.84. The number of hydrogen-bond acceptors (Lipinski definition) is 2. The monoisotopic (exact) mass is 288 g/mol. The molecular formula is C17H24N2O2. The summed E-state index contributed by atoms with van der Waals surface area (Å²) < 4.78 is 0. The molecule has 1 atom stereocenters. The first-order valence-corrected chi connectivity index (χ1v) is 7.64. The highest BCUT2D eigenvalue weighted by Gasteiger charge is 2.27. The fourth-order valence-electron chi connectivity index (χ4n) is 2.83. The fraction of sp³-hybridized carbons (Fsp3) is 0.529. The van der Waals surface area contributed by atoms with Crippen molar-refractivity contribution in [2.75, 3.05) is 18.4 Å². The van der Waals surface area contributed by atoms with Gasteiger partial charge in [-0.15, -0.1) is 0 Å². The minimum atomic E-state index is -0.108. The average molecular weight is 288 g/mol. The molecule has 1 aromatic carbocycles. The number of benzene rings is 1. The molecule has 1 heterocycles. The van der Waals surface area contributed by atoms with Gasteiger partial charge in [-0.2, -0.15) is 0 Å². The van der Waals surface area contributed by atoms with Crippen LogP contribution in [0.2, 0.25) is 0 Å². The number of piperidine rings is 1. The number of para-hydroxylation sites is 1. The van der Waals surface area contributed by atoms with E-state index in [1.54, 1.807) is 11.8 Å². The van der Waals surface area contributed by atoms with E-state index in [2.05, 4.69) is 19.2 Å². The molecule has 0 spiro atoms. The second-order valence-electron chi connectivity index (χ2n) is 6.04. The van der Waals surface area contributed by atoms with E-state index in [0.29, 0.717) is 12.5 Å². The van der Waals surface area contributed by atoms with Gasteiger partial charge >= 0.3 is 0 Å². The Kier molecular flexibility index (Phi) is 4.99. The summed E-state index contributed by atoms with van der Waals surface area (Å²) >= 11 is 0. The van der Waals surface area contributed by atoms with Crippen LogP contribution in [-0.2, 0) is 9.59 Å². The first-order valence-electron chi connectivity index (χ1n) is 7.64. The van der Waals surface area contributed by atoms with Gasteiger partial charge in [-0.05, 0) is 30.4 Å². The van der Waals surface area contributed by atoms with E-state index in [9.17, 15) is 9.59 Å². The van der Waals surface area contributed by atoms with Crippen LogP contribution in [0.25, 0.3) is 0 Å². The minimum Gasteiger partial charge on any atom is -0.342 e. The van der Waals surface area contributed by atoms with E-state index in [-0.39, 0.29) is 17.7 Å². The molecule has 2 rings (SSSR count). The van der Waals surface area contributed by atoms with E-state index < -0.39 is 0 Å². The number of hydrogen-bond donors (Lipinski definition) is 1. The Morgan fingerprint density at radius 1 is 1.29 bits per heavy atom. The lowest BCUT2D eigenvalue weighted by molar-refractivity contribution is -0.132. The third-order valence-corrected chi connectivity index (χ3v) is 4.08. The second-order valence-corrected chi connectivity index (χ2v) is 6.04. The number of nitrogens with one attached hydrogen (secondary N) is 1. The van der Waals surface area contributed by atoms with E-state index >= 15 is 0 Å². The first kappa shape index (κ1) is 15.5. The van der Waals surface area contributed by atoms with E-state index in [1.165, 1.54) is 0 Å². The zero-order chi connectivity index (χ0) is 15.4. The number of rotatable bonds is 3. The lowest BCUT2D eigenvalue weighted by Gasteiger charge is -2.31. The molecule has 114 valence electrons. The van der Waals surface area contributed by atoms with Crippen LogP contribution in [0.15, 0.2) is 24.3 Å². The summed E-state index contributed by atoms with van der Waals surface area (Å²) in [7, 11) is 0. The van der Waals surface area contributed by atoms with Gasteiger partial charge in [0, 0.05) is 25.7 Å². The maximum Gasteiger partial charge on any atom is 0.229 e. The summed E-state index contributed by atoms with van der Waals surface area (Å²) in [6, 6.07) is 7.91. The summed E-state index contributed by atoms with van der Waals surface area (Å²) in [5, 5.41) is 3.04. The first-order chi connectivity index (χ1) is 9.99. The number of amides is 2. The van der Waals surface area contributed by atoms with Crippen LogP contribution in [0.5, 0.6) is 0 Å². The molecule has 1 aromatic rings. The van der Waals surface area contributed by atoms with Crippen molar-refractivity contribution in [3.05, 3.63) is 29.8 Å². The Balaban J connectivity index is 2.06. The number of carbonyl (C=O) groups excluding carboxylic acids is 2. The topological polar surface area (TPSA) is 49.4 Å². The van der Waals surface area contributed by atoms with Crippen LogP contribution >= 0.6 is 0 Å². The van der Waals surface area contributed by atoms with Crippen molar-refractivity contribution in [1.82, 2.24) is 4.90 Å². The van der Waals surface area contributed by atoms with Crippen LogP contribution in [0.3, 0.4) is 0 Å². The van der Waals surface area contributed by atoms with Gasteiger partial charge in [0.25, 0.3) is 0 Å². The quantitative estimate of drug-likeness (QED) is 0.929. The number of anilines is 1. The van der Waals surface area contributed by atoms with Crippen molar-refractivity contribution in [3.8, 4) is 0 Å². The zero-order valence-electron chi connectivity index (χ0n) is 13.1. The summed E-state index contributed by atoms with van der Waals surface area (Å²) in [5.41, 5.74) is 2.03. The maximum atomic E-state index is 12.5. The summed E-state index contributed by atoms with van der Waals surface area (Å²) in [5.74, 6) is 0.327. The third-order valence-electron chi connectivity index (χ3n) is 4.08. The van der Waals surface area contributed by atoms with Crippen LogP contribution in [-0.4, -0.2) is 29.8 Å². The van der Waals surface area contributed by atoms with Gasteiger partial charge in [0.2, 0.25) is 11.8 Å². The number of nitrogens with zero attached hydrogens (tertiary/aromatic N) is 1. The van der Waals surface area contributed by atoms with E-state index in [1.807, 2.05) is 24.3 Å². The predicted octanol–water partition coefficient (Wildman–Crippen LogP) is 3.01. The molecule has 1 aliphatic heterocycles. The Morgan fingerprint density at radius 3 is 2.67 bits per heavy atom. The van der Waals surface area contributed by atoms with Gasteiger partial charge in [0.1, 0.15) is 0 Å². The van der Waals surface area contributed by atoms with Gasteiger partial charge in [0.05, 0.1) is 5.92 Å². The largest absolute Gasteiger partial charge is 0.342 e. The molecule has 1 unspecified atom stereocenters. The zero-order valence-corrected chi connectivity index (χ0v) is 13.1. The molecule has 1 saturated heterocycles. The van der Waals surface area contributed by atoms with Crippen molar-refractivity contribution in [2.24, 2.45) is 5.92 Å². The Morgan fingerprint density at radius 2 is 2.00 bits per heavy atom. The summed E-state index contributed by atoms with van der Waals surface area (Å²) in [6.07, 6.45) is 1.74. The van der Waals surface area contributed by atoms with Gasteiger partial charge in [-0.1, -0.05) is 32.0 Å². The van der Waals surface area contributed by atoms with Crippen molar-refractivity contribution in [2.45, 2.75) is 39.5 Å². The van der Waals surface area contributed by atoms with Crippen molar-refractivity contribution in [3.63, 3.8) is 0 Å². The number of carbonyl (C=O) groups is 2. The second kappa shape index (κ2) is 6.74. The van der Waals surface area contributed by atoms with Gasteiger partial charge in [-0.25, -0.2) is 0 Å². The molecule has 0 aliphatic carbocycles. The molecular weight excluding hydrogens is 264 g/mol. The molecule has 2 amide bonds. The summed E-state index contributed by atoms with van der Waals surface area (Å²) in [4.78, 5) is 25.7. The molecule has 1 fully saturated rings. The number of likely N-dealkylation sites (tertiary alicyclic amines) is 1. The van der Waals surface area contributed by atoms with E-state index in [4.69, 9.17) is 0 Å². The van der Waals surface area contributed by atoms with Crippen molar-refractivity contribution >= 4 is 17.5 Å². The Bertz CT molecular complexity index is 525.